The molecule has 3 aromatic heterocycles. The van der Waals surface area contributed by atoms with E-state index in [4.69, 9.17) is 15.7 Å². The number of aryl methyl sites for hydroxylation is 1. The van der Waals surface area contributed by atoms with Crippen LogP contribution in [0.5, 0.6) is 0 Å². The van der Waals surface area contributed by atoms with Crippen molar-refractivity contribution in [3.63, 3.8) is 0 Å². The highest BCUT2D eigenvalue weighted by molar-refractivity contribution is 5.40. The lowest BCUT2D eigenvalue weighted by Crippen LogP contribution is -2.38. The highest BCUT2D eigenvalue weighted by Gasteiger charge is 2.34. The zero-order valence-corrected chi connectivity index (χ0v) is 16.1. The number of nitrogens with two attached hydrogens (primary N) is 1. The number of hydrogen-bond donors (Lipinski definition) is 1. The van der Waals surface area contributed by atoms with Gasteiger partial charge < -0.3 is 10.1 Å². The van der Waals surface area contributed by atoms with Crippen LogP contribution in [0.2, 0.25) is 0 Å². The molecule has 2 N–H and O–H groups in total. The van der Waals surface area contributed by atoms with Crippen LogP contribution in [0.3, 0.4) is 0 Å². The molecule has 27 heavy (non-hydrogen) atoms. The average Bonchev–Trinajstić information content (AvgIpc) is 3.13. The van der Waals surface area contributed by atoms with Crippen LogP contribution >= 0.6 is 0 Å². The Labute approximate surface area is 161 Å². The number of fused-ring (bicyclic) bond motifs is 1. The van der Waals surface area contributed by atoms with Crippen molar-refractivity contribution in [1.82, 2.24) is 19.3 Å². The molecular weight excluding hydrogens is 334 g/mol. The maximum Gasteiger partial charge on any atom is 0.137 e. The number of likely N-dealkylation sites (tertiary alicyclic amines) is 1. The molecule has 4 heterocycles. The fraction of sp³-hybridized carbons (Fsp3) is 0.455. The van der Waals surface area contributed by atoms with Gasteiger partial charge in [0.2, 0.25) is 0 Å². The third kappa shape index (κ3) is 3.75. The summed E-state index contributed by atoms with van der Waals surface area (Å²) in [7, 11) is 0. The predicted molar refractivity (Wildman–Crippen MR) is 108 cm³/mol. The number of pyridine rings is 2. The van der Waals surface area contributed by atoms with Crippen molar-refractivity contribution >= 4 is 5.65 Å². The molecule has 1 fully saturated rings. The van der Waals surface area contributed by atoms with Gasteiger partial charge in [0.15, 0.2) is 0 Å². The second kappa shape index (κ2) is 8.19. The monoisotopic (exact) mass is 363 g/mol. The average molecular weight is 364 g/mol. The summed E-state index contributed by atoms with van der Waals surface area (Å²) < 4.78 is 2.13. The summed E-state index contributed by atoms with van der Waals surface area (Å²) in [5.74, 6) is 0. The van der Waals surface area contributed by atoms with Gasteiger partial charge in [-0.2, -0.15) is 0 Å². The summed E-state index contributed by atoms with van der Waals surface area (Å²) in [5.41, 5.74) is 10.5. The van der Waals surface area contributed by atoms with E-state index in [9.17, 15) is 0 Å². The molecule has 1 aliphatic rings. The van der Waals surface area contributed by atoms with E-state index < -0.39 is 0 Å². The van der Waals surface area contributed by atoms with E-state index in [-0.39, 0.29) is 0 Å². The molecule has 1 aliphatic heterocycles. The van der Waals surface area contributed by atoms with Crippen LogP contribution in [0.1, 0.15) is 61.1 Å². The Bertz CT molecular complexity index is 854. The van der Waals surface area contributed by atoms with Crippen molar-refractivity contribution in [2.45, 2.75) is 51.1 Å². The Morgan fingerprint density at radius 1 is 1.11 bits per heavy atom. The third-order valence-electron chi connectivity index (χ3n) is 5.72. The van der Waals surface area contributed by atoms with Gasteiger partial charge in [-0.25, -0.2) is 4.98 Å². The highest BCUT2D eigenvalue weighted by atomic mass is 15.2. The van der Waals surface area contributed by atoms with Gasteiger partial charge in [0, 0.05) is 18.6 Å². The first kappa shape index (κ1) is 18.1. The Kier molecular flexibility index (Phi) is 5.50. The smallest absolute Gasteiger partial charge is 0.137 e. The first-order valence-electron chi connectivity index (χ1n) is 10.1. The largest absolute Gasteiger partial charge is 0.330 e. The molecule has 0 radical (unpaired) electrons. The molecule has 5 nitrogen and oxygen atoms in total. The summed E-state index contributed by atoms with van der Waals surface area (Å²) >= 11 is 0. The summed E-state index contributed by atoms with van der Waals surface area (Å²) in [4.78, 5) is 12.3. The molecule has 0 aromatic carbocycles. The summed E-state index contributed by atoms with van der Waals surface area (Å²) in [6, 6.07) is 11.1. The molecule has 0 amide bonds. The number of unbranched alkanes of at least 4 members (excludes halogenated alkanes) is 1. The Hall–Kier alpha value is -2.24. The summed E-state index contributed by atoms with van der Waals surface area (Å²) in [6.07, 6.45) is 11.9. The van der Waals surface area contributed by atoms with Gasteiger partial charge in [0.05, 0.1) is 23.5 Å². The number of piperidine rings is 1. The Morgan fingerprint density at radius 2 is 2.00 bits per heavy atom. The van der Waals surface area contributed by atoms with E-state index in [2.05, 4.69) is 46.8 Å². The minimum atomic E-state index is 0.336. The summed E-state index contributed by atoms with van der Waals surface area (Å²) in [5, 5.41) is 0. The minimum Gasteiger partial charge on any atom is -0.330 e. The molecule has 142 valence electrons. The molecule has 5 heteroatoms. The van der Waals surface area contributed by atoms with E-state index in [1.807, 2.05) is 18.3 Å². The maximum atomic E-state index is 5.76. The van der Waals surface area contributed by atoms with Gasteiger partial charge in [-0.1, -0.05) is 12.1 Å². The van der Waals surface area contributed by atoms with Crippen LogP contribution in [0, 0.1) is 6.92 Å². The van der Waals surface area contributed by atoms with Crippen LogP contribution in [0.4, 0.5) is 0 Å². The number of hydrogen-bond acceptors (Lipinski definition) is 4. The molecule has 0 aliphatic carbocycles. The van der Waals surface area contributed by atoms with Crippen molar-refractivity contribution in [1.29, 1.82) is 0 Å². The van der Waals surface area contributed by atoms with Gasteiger partial charge in [0.25, 0.3) is 0 Å². The van der Waals surface area contributed by atoms with Crippen molar-refractivity contribution in [2.24, 2.45) is 5.73 Å². The van der Waals surface area contributed by atoms with Crippen molar-refractivity contribution in [3.05, 3.63) is 65.9 Å². The molecule has 0 spiro atoms. The molecule has 1 saturated heterocycles. The van der Waals surface area contributed by atoms with E-state index in [0.717, 1.165) is 44.4 Å². The molecule has 0 bridgehead atoms. The van der Waals surface area contributed by atoms with Crippen LogP contribution < -0.4 is 5.73 Å². The van der Waals surface area contributed by atoms with E-state index in [0.29, 0.717) is 12.1 Å². The predicted octanol–water partition coefficient (Wildman–Crippen LogP) is 4.04. The zero-order valence-electron chi connectivity index (χ0n) is 16.1. The second-order valence-electron chi connectivity index (χ2n) is 7.53. The maximum absolute atomic E-state index is 5.76. The van der Waals surface area contributed by atoms with Gasteiger partial charge in [-0.3, -0.25) is 9.88 Å². The normalized spacial score (nSPS) is 21.0. The standard InChI is InChI=1S/C22H29N5/c1-17-8-7-13-24-22(17)20-10-6-9-19(27(20)15-5-3-12-23)18-16-26-14-4-2-11-21(26)25-18/h2,4,7-8,11,13-14,16,19-20H,3,5-6,9-10,12,15,23H2,1H3/t19-,20+/m1/s1. The van der Waals surface area contributed by atoms with Crippen LogP contribution in [0.25, 0.3) is 5.65 Å². The number of nitrogens with zero attached hydrogens (tertiary/aromatic N) is 4. The molecule has 4 rings (SSSR count). The number of aromatic nitrogens is 3. The Morgan fingerprint density at radius 3 is 2.81 bits per heavy atom. The lowest BCUT2D eigenvalue weighted by molar-refractivity contribution is 0.0751. The zero-order chi connectivity index (χ0) is 18.6. The van der Waals surface area contributed by atoms with Gasteiger partial charge in [-0.05, 0) is 75.9 Å². The van der Waals surface area contributed by atoms with Gasteiger partial charge >= 0.3 is 0 Å². The van der Waals surface area contributed by atoms with Crippen LogP contribution in [-0.2, 0) is 0 Å². The van der Waals surface area contributed by atoms with Crippen molar-refractivity contribution in [3.8, 4) is 0 Å². The van der Waals surface area contributed by atoms with E-state index in [1.165, 1.54) is 23.4 Å². The van der Waals surface area contributed by atoms with E-state index in [1.54, 1.807) is 0 Å². The first-order valence-corrected chi connectivity index (χ1v) is 10.1. The topological polar surface area (TPSA) is 59.5 Å². The van der Waals surface area contributed by atoms with E-state index >= 15 is 0 Å². The number of rotatable bonds is 6. The lowest BCUT2D eigenvalue weighted by atomic mass is 9.90. The van der Waals surface area contributed by atoms with Crippen molar-refractivity contribution < 1.29 is 0 Å². The fourth-order valence-electron chi connectivity index (χ4n) is 4.38. The SMILES string of the molecule is Cc1cccnc1[C@@H]1CCC[C@H](c2cn3ccccc3n2)N1CCCCN. The third-order valence-corrected chi connectivity index (χ3v) is 5.72. The molecule has 2 atom stereocenters. The number of imidazole rings is 1. The molecule has 3 aromatic rings. The highest BCUT2D eigenvalue weighted by Crippen LogP contribution is 2.41. The minimum absolute atomic E-state index is 0.336. The second-order valence-corrected chi connectivity index (χ2v) is 7.53. The van der Waals surface area contributed by atoms with Crippen LogP contribution in [0.15, 0.2) is 48.9 Å². The fourth-order valence-corrected chi connectivity index (χ4v) is 4.38. The van der Waals surface area contributed by atoms with Crippen LogP contribution in [-0.4, -0.2) is 32.4 Å². The molecular formula is C22H29N5. The Balaban J connectivity index is 1.68. The summed E-state index contributed by atoms with van der Waals surface area (Å²) in [6.45, 7) is 3.96. The van der Waals surface area contributed by atoms with Gasteiger partial charge in [-0.15, -0.1) is 0 Å². The first-order chi connectivity index (χ1) is 13.3. The quantitative estimate of drug-likeness (QED) is 0.671. The molecule has 0 unspecified atom stereocenters. The van der Waals surface area contributed by atoms with Crippen molar-refractivity contribution in [2.75, 3.05) is 13.1 Å². The van der Waals surface area contributed by atoms with Gasteiger partial charge in [0.1, 0.15) is 5.65 Å². The molecule has 0 saturated carbocycles. The lowest BCUT2D eigenvalue weighted by Gasteiger charge is -2.41.